The van der Waals surface area contributed by atoms with E-state index >= 15 is 0 Å². The minimum Gasteiger partial charge on any atom is -0.289 e. The Morgan fingerprint density at radius 3 is 2.11 bits per heavy atom. The third-order valence-electron chi connectivity index (χ3n) is 2.02. The van der Waals surface area contributed by atoms with Crippen LogP contribution in [-0.2, 0) is 0 Å². The number of nitrogens with zero attached hydrogens (tertiary/aromatic N) is 2. The fourth-order valence-corrected chi connectivity index (χ4v) is 1.13. The highest BCUT2D eigenvalue weighted by molar-refractivity contribution is 6.23. The van der Waals surface area contributed by atoms with E-state index in [0.29, 0.717) is 12.2 Å². The normalized spacial score (nSPS) is 11.4. The number of ketones is 1. The van der Waals surface area contributed by atoms with Gasteiger partial charge in [0.2, 0.25) is 0 Å². The first kappa shape index (κ1) is 13.8. The molecule has 0 saturated heterocycles. The summed E-state index contributed by atoms with van der Waals surface area (Å²) in [5.41, 5.74) is 0.250. The first-order valence-corrected chi connectivity index (χ1v) is 5.02. The molecule has 7 nitrogen and oxygen atoms in total. The molecule has 0 aliphatic carbocycles. The molecule has 0 fully saturated rings. The van der Waals surface area contributed by atoms with Crippen molar-refractivity contribution in [1.82, 2.24) is 0 Å². The van der Waals surface area contributed by atoms with Gasteiger partial charge in [0.1, 0.15) is 9.85 Å². The lowest BCUT2D eigenvalue weighted by Crippen LogP contribution is -2.38. The molecule has 0 spiro atoms. The first-order valence-electron chi connectivity index (χ1n) is 4.64. The Morgan fingerprint density at radius 1 is 1.17 bits per heavy atom. The van der Waals surface area contributed by atoms with E-state index in [1.165, 1.54) is 12.1 Å². The van der Waals surface area contributed by atoms with Gasteiger partial charge in [0.05, 0.1) is 17.7 Å². The Labute approximate surface area is 106 Å². The molecule has 0 aromatic heterocycles. The lowest BCUT2D eigenvalue weighted by molar-refractivity contribution is -0.750. The molecule has 1 aromatic rings. The predicted molar refractivity (Wildman–Crippen MR) is 62.5 cm³/mol. The van der Waals surface area contributed by atoms with E-state index in [1.54, 1.807) is 18.2 Å². The van der Waals surface area contributed by atoms with Crippen LogP contribution in [0.1, 0.15) is 10.4 Å². The van der Waals surface area contributed by atoms with E-state index in [4.69, 9.17) is 11.6 Å². The maximum atomic E-state index is 11.5. The SMILES string of the molecule is O=C(C=CC(Cl)([N+](=O)[O-])[N+](=O)[O-])c1ccccc1. The summed E-state index contributed by atoms with van der Waals surface area (Å²) in [4.78, 5) is 29.9. The van der Waals surface area contributed by atoms with Crippen molar-refractivity contribution in [3.8, 4) is 0 Å². The minimum absolute atomic E-state index is 0.250. The summed E-state index contributed by atoms with van der Waals surface area (Å²) in [6, 6.07) is 7.81. The lowest BCUT2D eigenvalue weighted by atomic mass is 10.1. The van der Waals surface area contributed by atoms with Gasteiger partial charge in [-0.25, -0.2) is 0 Å². The zero-order valence-electron chi connectivity index (χ0n) is 8.86. The number of hydrogen-bond donors (Lipinski definition) is 0. The van der Waals surface area contributed by atoms with Crippen molar-refractivity contribution >= 4 is 17.4 Å². The lowest BCUT2D eigenvalue weighted by Gasteiger charge is -2.04. The van der Waals surface area contributed by atoms with Crippen molar-refractivity contribution < 1.29 is 14.6 Å². The number of halogens is 1. The molecule has 0 atom stereocenters. The molecule has 8 heteroatoms. The van der Waals surface area contributed by atoms with Crippen LogP contribution < -0.4 is 0 Å². The van der Waals surface area contributed by atoms with Gasteiger partial charge in [0.25, 0.3) is 0 Å². The molecule has 1 rings (SSSR count). The standard InChI is InChI=1S/C10H7ClN2O5/c11-10(12(15)16,13(17)18)7-6-9(14)8-4-2-1-3-5-8/h1-7H. The van der Waals surface area contributed by atoms with Crippen LogP contribution in [0.4, 0.5) is 0 Å². The quantitative estimate of drug-likeness (QED) is 0.154. The molecular weight excluding hydrogens is 264 g/mol. The van der Waals surface area contributed by atoms with Gasteiger partial charge in [0, 0.05) is 5.56 Å². The number of rotatable bonds is 5. The van der Waals surface area contributed by atoms with Gasteiger partial charge in [-0.3, -0.25) is 25.0 Å². The maximum absolute atomic E-state index is 11.5. The second-order valence-electron chi connectivity index (χ2n) is 3.21. The van der Waals surface area contributed by atoms with Gasteiger partial charge in [-0.1, -0.05) is 30.3 Å². The molecule has 0 saturated carbocycles. The van der Waals surface area contributed by atoms with Crippen molar-refractivity contribution in [2.45, 2.75) is 5.12 Å². The Morgan fingerprint density at radius 2 is 1.67 bits per heavy atom. The van der Waals surface area contributed by atoms with Crippen LogP contribution in [0.3, 0.4) is 0 Å². The van der Waals surface area contributed by atoms with Gasteiger partial charge in [-0.05, 0) is 6.08 Å². The molecule has 0 radical (unpaired) electrons. The van der Waals surface area contributed by atoms with E-state index < -0.39 is 20.8 Å². The fraction of sp³-hybridized carbons (Fsp3) is 0.100. The highest BCUT2D eigenvalue weighted by atomic mass is 35.5. The molecule has 0 bridgehead atoms. The summed E-state index contributed by atoms with van der Waals surface area (Å²) in [5, 5.41) is 17.9. The summed E-state index contributed by atoms with van der Waals surface area (Å²) in [6.07, 6.45) is 1.16. The Bertz CT molecular complexity index is 500. The van der Waals surface area contributed by atoms with Crippen molar-refractivity contribution in [3.05, 3.63) is 68.3 Å². The van der Waals surface area contributed by atoms with Crippen molar-refractivity contribution in [1.29, 1.82) is 0 Å². The van der Waals surface area contributed by atoms with Gasteiger partial charge < -0.3 is 0 Å². The Kier molecular flexibility index (Phi) is 4.11. The second kappa shape index (κ2) is 5.37. The molecule has 1 aromatic carbocycles. The number of benzene rings is 1. The zero-order valence-corrected chi connectivity index (χ0v) is 9.61. The van der Waals surface area contributed by atoms with Gasteiger partial charge in [0.15, 0.2) is 5.78 Å². The smallest absolute Gasteiger partial charge is 0.289 e. The molecule has 0 unspecified atom stereocenters. The Hall–Kier alpha value is -2.28. The van der Waals surface area contributed by atoms with Crippen molar-refractivity contribution in [2.75, 3.05) is 0 Å². The molecular formula is C10H7ClN2O5. The third-order valence-corrected chi connectivity index (χ3v) is 2.42. The number of alkyl halides is 1. The van der Waals surface area contributed by atoms with Crippen LogP contribution >= 0.6 is 11.6 Å². The number of carbonyl (C=O) groups is 1. The van der Waals surface area contributed by atoms with Crippen molar-refractivity contribution in [2.24, 2.45) is 0 Å². The summed E-state index contributed by atoms with van der Waals surface area (Å²) < 4.78 is 0. The van der Waals surface area contributed by atoms with E-state index in [9.17, 15) is 25.0 Å². The summed E-state index contributed by atoms with van der Waals surface area (Å²) in [7, 11) is 0. The monoisotopic (exact) mass is 270 g/mol. The number of allylic oxidation sites excluding steroid dienone is 1. The largest absolute Gasteiger partial charge is 0.557 e. The third kappa shape index (κ3) is 2.89. The molecule has 0 N–H and O–H groups in total. The van der Waals surface area contributed by atoms with Gasteiger partial charge in [-0.2, -0.15) is 0 Å². The van der Waals surface area contributed by atoms with Crippen LogP contribution in [0, 0.1) is 20.2 Å². The number of hydrogen-bond acceptors (Lipinski definition) is 5. The molecule has 18 heavy (non-hydrogen) atoms. The average molecular weight is 271 g/mol. The summed E-state index contributed by atoms with van der Waals surface area (Å²) in [5.74, 6) is -0.607. The highest BCUT2D eigenvalue weighted by Gasteiger charge is 2.52. The Balaban J connectivity index is 2.96. The van der Waals surface area contributed by atoms with Crippen LogP contribution in [0.25, 0.3) is 0 Å². The van der Waals surface area contributed by atoms with Crippen LogP contribution in [0.15, 0.2) is 42.5 Å². The number of nitro groups is 2. The molecule has 94 valence electrons. The van der Waals surface area contributed by atoms with E-state index in [-0.39, 0.29) is 5.56 Å². The van der Waals surface area contributed by atoms with Crippen LogP contribution in [0.5, 0.6) is 0 Å². The van der Waals surface area contributed by atoms with Gasteiger partial charge in [-0.15, -0.1) is 0 Å². The van der Waals surface area contributed by atoms with E-state index in [0.717, 1.165) is 0 Å². The fourth-order valence-electron chi connectivity index (χ4n) is 1.07. The van der Waals surface area contributed by atoms with Crippen LogP contribution in [-0.4, -0.2) is 20.8 Å². The maximum Gasteiger partial charge on any atom is 0.557 e. The van der Waals surface area contributed by atoms with E-state index in [1.807, 2.05) is 0 Å². The minimum atomic E-state index is -3.02. The molecule has 0 amide bonds. The molecule has 0 aliphatic heterocycles. The average Bonchev–Trinajstić information content (AvgIpc) is 2.36. The molecule has 0 heterocycles. The van der Waals surface area contributed by atoms with Crippen LogP contribution in [0.2, 0.25) is 0 Å². The van der Waals surface area contributed by atoms with Gasteiger partial charge >= 0.3 is 5.12 Å². The second-order valence-corrected chi connectivity index (χ2v) is 3.77. The zero-order chi connectivity index (χ0) is 13.8. The van der Waals surface area contributed by atoms with Crippen molar-refractivity contribution in [3.63, 3.8) is 0 Å². The summed E-state index contributed by atoms with van der Waals surface area (Å²) >= 11 is 5.20. The van der Waals surface area contributed by atoms with E-state index in [2.05, 4.69) is 0 Å². The summed E-state index contributed by atoms with van der Waals surface area (Å²) in [6.45, 7) is 0. The molecule has 0 aliphatic rings. The number of carbonyl (C=O) groups excluding carboxylic acids is 1. The first-order chi connectivity index (χ1) is 8.38. The highest BCUT2D eigenvalue weighted by Crippen LogP contribution is 2.19. The predicted octanol–water partition coefficient (Wildman–Crippen LogP) is 1.87. The topological polar surface area (TPSA) is 103 Å².